The zero-order chi connectivity index (χ0) is 33.0. The molecule has 1 aliphatic rings. The maximum atomic E-state index is 14.2. The number of amides is 1. The van der Waals surface area contributed by atoms with Crippen LogP contribution in [-0.4, -0.2) is 42.7 Å². The van der Waals surface area contributed by atoms with Crippen LogP contribution < -0.4 is 29.1 Å². The summed E-state index contributed by atoms with van der Waals surface area (Å²) in [6.07, 6.45) is 1.78. The first-order valence-electron chi connectivity index (χ1n) is 14.7. The number of rotatable bonds is 10. The van der Waals surface area contributed by atoms with Crippen molar-refractivity contribution in [2.75, 3.05) is 27.3 Å². The van der Waals surface area contributed by atoms with Gasteiger partial charge < -0.3 is 19.1 Å². The fraction of sp³-hybridized carbons (Fsp3) is 0.257. The van der Waals surface area contributed by atoms with Crippen molar-refractivity contribution in [1.29, 1.82) is 5.26 Å². The number of aromatic nitrogens is 1. The molecule has 0 unspecified atom stereocenters. The van der Waals surface area contributed by atoms with Crippen LogP contribution >= 0.6 is 27.3 Å². The van der Waals surface area contributed by atoms with E-state index in [-0.39, 0.29) is 18.1 Å². The van der Waals surface area contributed by atoms with Crippen LogP contribution in [0.15, 0.2) is 86.2 Å². The molecule has 9 nitrogen and oxygen atoms in total. The Morgan fingerprint density at radius 1 is 1.09 bits per heavy atom. The minimum atomic E-state index is -0.720. The largest absolute Gasteiger partial charge is 0.496 e. The summed E-state index contributed by atoms with van der Waals surface area (Å²) in [5.41, 5.74) is 3.63. The highest BCUT2D eigenvalue weighted by atomic mass is 79.9. The number of fused-ring (bicyclic) bond motifs is 1. The number of carbonyl (C=O) groups excluding carboxylic acids is 1. The lowest BCUT2D eigenvalue weighted by atomic mass is 9.94. The van der Waals surface area contributed by atoms with Crippen LogP contribution in [0.3, 0.4) is 0 Å². The van der Waals surface area contributed by atoms with Gasteiger partial charge in [-0.05, 0) is 84.2 Å². The van der Waals surface area contributed by atoms with Crippen molar-refractivity contribution >= 4 is 39.2 Å². The molecular weight excluding hydrogens is 668 g/mol. The summed E-state index contributed by atoms with van der Waals surface area (Å²) < 4.78 is 20.1. The molecule has 1 aromatic heterocycles. The van der Waals surface area contributed by atoms with E-state index in [2.05, 4.69) is 22.0 Å². The van der Waals surface area contributed by atoms with Gasteiger partial charge in [-0.2, -0.15) is 5.26 Å². The van der Waals surface area contributed by atoms with Crippen LogP contribution in [0.25, 0.3) is 6.08 Å². The Labute approximate surface area is 279 Å². The minimum Gasteiger partial charge on any atom is -0.496 e. The Morgan fingerprint density at radius 3 is 2.43 bits per heavy atom. The fourth-order valence-corrected chi connectivity index (χ4v) is 7.03. The molecule has 0 N–H and O–H groups in total. The topological polar surface area (TPSA) is 106 Å². The summed E-state index contributed by atoms with van der Waals surface area (Å²) in [4.78, 5) is 35.1. The summed E-state index contributed by atoms with van der Waals surface area (Å²) in [7, 11) is 3.13. The van der Waals surface area contributed by atoms with Crippen LogP contribution in [0.1, 0.15) is 49.1 Å². The van der Waals surface area contributed by atoms with Gasteiger partial charge in [0.1, 0.15) is 18.4 Å². The summed E-state index contributed by atoms with van der Waals surface area (Å²) in [6.45, 7) is 7.00. The van der Waals surface area contributed by atoms with Crippen molar-refractivity contribution in [3.05, 3.63) is 118 Å². The molecule has 1 aliphatic heterocycles. The fourth-order valence-electron chi connectivity index (χ4n) is 5.41. The van der Waals surface area contributed by atoms with Crippen molar-refractivity contribution in [3.63, 3.8) is 0 Å². The molecule has 11 heteroatoms. The number of nitriles is 1. The predicted molar refractivity (Wildman–Crippen MR) is 181 cm³/mol. The van der Waals surface area contributed by atoms with Gasteiger partial charge in [0, 0.05) is 18.7 Å². The van der Waals surface area contributed by atoms with E-state index in [1.54, 1.807) is 48.0 Å². The van der Waals surface area contributed by atoms with Gasteiger partial charge in [0.05, 0.1) is 46.1 Å². The minimum absolute atomic E-state index is 0.165. The van der Waals surface area contributed by atoms with Crippen LogP contribution in [0.2, 0.25) is 0 Å². The molecule has 0 spiro atoms. The average Bonchev–Trinajstić information content (AvgIpc) is 3.37. The highest BCUT2D eigenvalue weighted by Gasteiger charge is 2.35. The molecule has 46 heavy (non-hydrogen) atoms. The SMILES string of the molecule is CCN(CC)C(=O)C1=C(C)N=c2s/c(=C\c3cc(Br)c(OCc4ccc(C#N)cc4)c(OC)c3)c(=O)n2[C@@H]1c1ccccc1OC. The average molecular weight is 702 g/mol. The van der Waals surface area contributed by atoms with Crippen molar-refractivity contribution < 1.29 is 19.0 Å². The number of ether oxygens (including phenoxy) is 3. The summed E-state index contributed by atoms with van der Waals surface area (Å²) >= 11 is 4.87. The van der Waals surface area contributed by atoms with Crippen LogP contribution in [0, 0.1) is 11.3 Å². The number of carbonyl (C=O) groups is 1. The Kier molecular flexibility index (Phi) is 10.1. The Morgan fingerprint density at radius 2 is 1.78 bits per heavy atom. The zero-order valence-corrected chi connectivity index (χ0v) is 28.6. The van der Waals surface area contributed by atoms with E-state index in [0.717, 1.165) is 5.56 Å². The molecule has 1 amide bonds. The number of para-hydroxylation sites is 1. The van der Waals surface area contributed by atoms with Gasteiger partial charge in [0.15, 0.2) is 16.3 Å². The number of hydrogen-bond acceptors (Lipinski definition) is 8. The van der Waals surface area contributed by atoms with Gasteiger partial charge in [-0.15, -0.1) is 0 Å². The number of halogens is 1. The van der Waals surface area contributed by atoms with Crippen molar-refractivity contribution in [2.24, 2.45) is 4.99 Å². The van der Waals surface area contributed by atoms with Crippen molar-refractivity contribution in [1.82, 2.24) is 9.47 Å². The molecule has 3 aromatic carbocycles. The first kappa shape index (κ1) is 32.7. The van der Waals surface area contributed by atoms with E-state index in [1.807, 2.05) is 63.2 Å². The number of nitrogens with zero attached hydrogens (tertiary/aromatic N) is 4. The van der Waals surface area contributed by atoms with Crippen LogP contribution in [0.4, 0.5) is 0 Å². The Bertz CT molecular complexity index is 2040. The second-order valence-electron chi connectivity index (χ2n) is 10.4. The van der Waals surface area contributed by atoms with E-state index < -0.39 is 6.04 Å². The highest BCUT2D eigenvalue weighted by Crippen LogP contribution is 2.38. The maximum absolute atomic E-state index is 14.2. The molecular formula is C35H33BrN4O5S. The summed E-state index contributed by atoms with van der Waals surface area (Å²) in [5, 5.41) is 9.05. The standard InChI is InChI=1S/C35H33BrN4O5S/c1-6-39(7-2)34(42)30-21(3)38-35-40(31(30)25-10-8-9-11-27(25)43-4)33(41)29(46-35)18-24-16-26(36)32(28(17-24)44-5)45-20-23-14-12-22(19-37)13-15-23/h8-18,31H,6-7,20H2,1-5H3/b29-18-/t31-/m1/s1. The van der Waals surface area contributed by atoms with E-state index >= 15 is 0 Å². The highest BCUT2D eigenvalue weighted by molar-refractivity contribution is 9.10. The van der Waals surface area contributed by atoms with Crippen molar-refractivity contribution in [2.45, 2.75) is 33.4 Å². The number of hydrogen-bond donors (Lipinski definition) is 0. The van der Waals surface area contributed by atoms with Crippen molar-refractivity contribution in [3.8, 4) is 23.3 Å². The lowest BCUT2D eigenvalue weighted by Crippen LogP contribution is -2.43. The second-order valence-corrected chi connectivity index (χ2v) is 12.3. The molecule has 236 valence electrons. The molecule has 1 atom stereocenters. The third-order valence-electron chi connectivity index (χ3n) is 7.75. The van der Waals surface area contributed by atoms with Gasteiger partial charge >= 0.3 is 0 Å². The summed E-state index contributed by atoms with van der Waals surface area (Å²) in [5.74, 6) is 1.40. The monoisotopic (exact) mass is 700 g/mol. The molecule has 0 aliphatic carbocycles. The first-order chi connectivity index (χ1) is 22.2. The van der Waals surface area contributed by atoms with Gasteiger partial charge in [-0.1, -0.05) is 41.7 Å². The molecule has 0 bridgehead atoms. The van der Waals surface area contributed by atoms with Crippen LogP contribution in [-0.2, 0) is 11.4 Å². The van der Waals surface area contributed by atoms with E-state index in [0.29, 0.717) is 72.1 Å². The number of methoxy groups -OCH3 is 2. The molecule has 5 rings (SSSR count). The maximum Gasteiger partial charge on any atom is 0.271 e. The zero-order valence-electron chi connectivity index (χ0n) is 26.2. The third-order valence-corrected chi connectivity index (χ3v) is 9.32. The predicted octanol–water partition coefficient (Wildman–Crippen LogP) is 5.33. The normalized spacial score (nSPS) is 14.3. The molecule has 0 radical (unpaired) electrons. The van der Waals surface area contributed by atoms with Gasteiger partial charge in [0.2, 0.25) is 0 Å². The Hall–Kier alpha value is -4.66. The number of benzene rings is 3. The smallest absolute Gasteiger partial charge is 0.271 e. The molecule has 2 heterocycles. The van der Waals surface area contributed by atoms with Crippen LogP contribution in [0.5, 0.6) is 17.2 Å². The number of thiazole rings is 1. The number of allylic oxidation sites excluding steroid dienone is 1. The van der Waals surface area contributed by atoms with Gasteiger partial charge in [-0.25, -0.2) is 4.99 Å². The van der Waals surface area contributed by atoms with E-state index in [9.17, 15) is 9.59 Å². The molecule has 0 saturated carbocycles. The molecule has 0 fully saturated rings. The van der Waals surface area contributed by atoms with E-state index in [4.69, 9.17) is 24.5 Å². The third kappa shape index (κ3) is 6.36. The first-order valence-corrected chi connectivity index (χ1v) is 16.3. The quantitative estimate of drug-likeness (QED) is 0.221. The lowest BCUT2D eigenvalue weighted by Gasteiger charge is -2.29. The lowest BCUT2D eigenvalue weighted by molar-refractivity contribution is -0.127. The molecule has 4 aromatic rings. The van der Waals surface area contributed by atoms with Gasteiger partial charge in [0.25, 0.3) is 11.5 Å². The number of likely N-dealkylation sites (N-methyl/N-ethyl adjacent to an activating group) is 1. The molecule has 0 saturated heterocycles. The van der Waals surface area contributed by atoms with E-state index in [1.165, 1.54) is 11.3 Å². The summed E-state index contributed by atoms with van der Waals surface area (Å²) in [6, 6.07) is 19.7. The van der Waals surface area contributed by atoms with Gasteiger partial charge in [-0.3, -0.25) is 14.2 Å². The Balaban J connectivity index is 1.59. The second kappa shape index (κ2) is 14.2.